The van der Waals surface area contributed by atoms with E-state index in [9.17, 15) is 4.79 Å². The summed E-state index contributed by atoms with van der Waals surface area (Å²) in [6, 6.07) is 3.98. The number of thioether (sulfide) groups is 1. The van der Waals surface area contributed by atoms with E-state index in [1.54, 1.807) is 18.3 Å². The van der Waals surface area contributed by atoms with Gasteiger partial charge < -0.3 is 15.0 Å². The van der Waals surface area contributed by atoms with E-state index < -0.39 is 6.10 Å². The first-order chi connectivity index (χ1) is 10.1. The molecule has 0 saturated carbocycles. The first-order valence-electron chi connectivity index (χ1n) is 6.66. The van der Waals surface area contributed by atoms with Gasteiger partial charge in [-0.05, 0) is 25.3 Å². The van der Waals surface area contributed by atoms with Crippen LogP contribution in [0.2, 0.25) is 0 Å². The Labute approximate surface area is 131 Å². The van der Waals surface area contributed by atoms with Gasteiger partial charge in [0.15, 0.2) is 11.0 Å². The smallest absolute Gasteiger partial charge is 0.230 e. The van der Waals surface area contributed by atoms with Crippen LogP contribution in [0.4, 0.5) is 0 Å². The maximum absolute atomic E-state index is 11.7. The Morgan fingerprint density at radius 2 is 2.38 bits per heavy atom. The summed E-state index contributed by atoms with van der Waals surface area (Å²) >= 11 is 2.96. The van der Waals surface area contributed by atoms with Crippen LogP contribution in [0.15, 0.2) is 22.7 Å². The van der Waals surface area contributed by atoms with Crippen LogP contribution in [-0.4, -0.2) is 44.2 Å². The number of aliphatic hydroxyl groups is 1. The number of aliphatic hydroxyl groups excluding tert-OH is 1. The van der Waals surface area contributed by atoms with Gasteiger partial charge in [-0.15, -0.1) is 21.5 Å². The third-order valence-electron chi connectivity index (χ3n) is 2.70. The molecule has 0 saturated heterocycles. The lowest BCUT2D eigenvalue weighted by atomic mass is 10.4. The molecule has 0 fully saturated rings. The standard InChI is InChI=1S/C13H18N4O2S2/c1-3-17-12(10-5-4-6-20-10)15-16-13(17)21-8-11(19)14-7-9(2)18/h4-6,9,18H,3,7-8H2,1-2H3,(H,14,19). The zero-order valence-corrected chi connectivity index (χ0v) is 13.6. The number of hydrogen-bond donors (Lipinski definition) is 2. The summed E-state index contributed by atoms with van der Waals surface area (Å²) in [5.74, 6) is 0.971. The fourth-order valence-electron chi connectivity index (χ4n) is 1.71. The van der Waals surface area contributed by atoms with Crippen LogP contribution in [0, 0.1) is 0 Å². The second-order valence-electron chi connectivity index (χ2n) is 4.47. The van der Waals surface area contributed by atoms with Gasteiger partial charge in [0.2, 0.25) is 5.91 Å². The van der Waals surface area contributed by atoms with Crippen LogP contribution in [0.25, 0.3) is 10.7 Å². The molecule has 0 aliphatic rings. The van der Waals surface area contributed by atoms with Crippen molar-refractivity contribution < 1.29 is 9.90 Å². The lowest BCUT2D eigenvalue weighted by molar-refractivity contribution is -0.118. The fourth-order valence-corrected chi connectivity index (χ4v) is 3.26. The number of nitrogens with zero attached hydrogens (tertiary/aromatic N) is 3. The average molecular weight is 326 g/mol. The molecule has 2 N–H and O–H groups in total. The Morgan fingerprint density at radius 3 is 3.00 bits per heavy atom. The van der Waals surface area contributed by atoms with E-state index in [1.165, 1.54) is 11.8 Å². The van der Waals surface area contributed by atoms with E-state index in [2.05, 4.69) is 15.5 Å². The van der Waals surface area contributed by atoms with Gasteiger partial charge in [-0.3, -0.25) is 4.79 Å². The van der Waals surface area contributed by atoms with E-state index in [1.807, 2.05) is 29.0 Å². The quantitative estimate of drug-likeness (QED) is 0.756. The van der Waals surface area contributed by atoms with Crippen molar-refractivity contribution in [2.75, 3.05) is 12.3 Å². The van der Waals surface area contributed by atoms with E-state index in [0.717, 1.165) is 22.4 Å². The van der Waals surface area contributed by atoms with E-state index in [0.29, 0.717) is 0 Å². The summed E-state index contributed by atoms with van der Waals surface area (Å²) in [5, 5.41) is 22.9. The largest absolute Gasteiger partial charge is 0.392 e. The summed E-state index contributed by atoms with van der Waals surface area (Å²) in [6.45, 7) is 4.67. The van der Waals surface area contributed by atoms with E-state index >= 15 is 0 Å². The van der Waals surface area contributed by atoms with Gasteiger partial charge in [-0.25, -0.2) is 0 Å². The van der Waals surface area contributed by atoms with E-state index in [4.69, 9.17) is 5.11 Å². The topological polar surface area (TPSA) is 80.0 Å². The Balaban J connectivity index is 1.99. The summed E-state index contributed by atoms with van der Waals surface area (Å²) < 4.78 is 2.00. The van der Waals surface area contributed by atoms with Crippen molar-refractivity contribution in [3.8, 4) is 10.7 Å². The minimum absolute atomic E-state index is 0.121. The summed E-state index contributed by atoms with van der Waals surface area (Å²) in [6.07, 6.45) is -0.538. The van der Waals surface area contributed by atoms with Crippen molar-refractivity contribution in [3.05, 3.63) is 17.5 Å². The molecule has 2 aromatic rings. The van der Waals surface area contributed by atoms with Crippen molar-refractivity contribution in [2.45, 2.75) is 31.7 Å². The second-order valence-corrected chi connectivity index (χ2v) is 6.36. The second kappa shape index (κ2) is 7.58. The zero-order chi connectivity index (χ0) is 15.2. The molecule has 1 unspecified atom stereocenters. The van der Waals surface area contributed by atoms with Crippen molar-refractivity contribution in [3.63, 3.8) is 0 Å². The average Bonchev–Trinajstić information content (AvgIpc) is 3.10. The normalized spacial score (nSPS) is 12.3. The van der Waals surface area contributed by atoms with Crippen LogP contribution in [0.1, 0.15) is 13.8 Å². The Morgan fingerprint density at radius 1 is 1.57 bits per heavy atom. The van der Waals surface area contributed by atoms with Crippen LogP contribution < -0.4 is 5.32 Å². The van der Waals surface area contributed by atoms with Gasteiger partial charge in [0.1, 0.15) is 0 Å². The monoisotopic (exact) mass is 326 g/mol. The summed E-state index contributed by atoms with van der Waals surface area (Å²) in [4.78, 5) is 12.7. The number of thiophene rings is 1. The van der Waals surface area contributed by atoms with Gasteiger partial charge in [-0.1, -0.05) is 17.8 Å². The van der Waals surface area contributed by atoms with Crippen molar-refractivity contribution in [1.82, 2.24) is 20.1 Å². The number of nitrogens with one attached hydrogen (secondary N) is 1. The molecule has 2 heterocycles. The highest BCUT2D eigenvalue weighted by atomic mass is 32.2. The molecule has 8 heteroatoms. The number of carbonyl (C=O) groups is 1. The fraction of sp³-hybridized carbons (Fsp3) is 0.462. The van der Waals surface area contributed by atoms with Gasteiger partial charge in [0, 0.05) is 13.1 Å². The number of hydrogen-bond acceptors (Lipinski definition) is 6. The Hall–Kier alpha value is -1.38. The van der Waals surface area contributed by atoms with Crippen LogP contribution in [0.5, 0.6) is 0 Å². The molecule has 1 atom stereocenters. The molecule has 2 aromatic heterocycles. The molecule has 0 bridgehead atoms. The Kier molecular flexibility index (Phi) is 5.77. The van der Waals surface area contributed by atoms with Crippen LogP contribution in [0.3, 0.4) is 0 Å². The third-order valence-corrected chi connectivity index (χ3v) is 4.53. The molecule has 0 radical (unpaired) electrons. The first-order valence-corrected chi connectivity index (χ1v) is 8.53. The molecule has 114 valence electrons. The lowest BCUT2D eigenvalue weighted by Crippen LogP contribution is -2.31. The highest BCUT2D eigenvalue weighted by Gasteiger charge is 2.15. The molecule has 0 aromatic carbocycles. The summed E-state index contributed by atoms with van der Waals surface area (Å²) in [7, 11) is 0. The number of rotatable bonds is 7. The molecular formula is C13H18N4O2S2. The van der Waals surface area contributed by atoms with Gasteiger partial charge in [-0.2, -0.15) is 0 Å². The molecule has 6 nitrogen and oxygen atoms in total. The van der Waals surface area contributed by atoms with Crippen molar-refractivity contribution >= 4 is 29.0 Å². The Bertz CT molecular complexity index is 581. The predicted octanol–water partition coefficient (Wildman–Crippen LogP) is 1.62. The maximum Gasteiger partial charge on any atom is 0.230 e. The summed E-state index contributed by atoms with van der Waals surface area (Å²) in [5.41, 5.74) is 0. The highest BCUT2D eigenvalue weighted by molar-refractivity contribution is 7.99. The number of amides is 1. The molecule has 0 spiro atoms. The molecule has 1 amide bonds. The predicted molar refractivity (Wildman–Crippen MR) is 84.4 cm³/mol. The first kappa shape index (κ1) is 16.0. The van der Waals surface area contributed by atoms with Gasteiger partial charge >= 0.3 is 0 Å². The molecule has 2 rings (SSSR count). The third kappa shape index (κ3) is 4.29. The van der Waals surface area contributed by atoms with Gasteiger partial charge in [0.05, 0.1) is 16.7 Å². The van der Waals surface area contributed by atoms with Gasteiger partial charge in [0.25, 0.3) is 0 Å². The lowest BCUT2D eigenvalue weighted by Gasteiger charge is -2.08. The highest BCUT2D eigenvalue weighted by Crippen LogP contribution is 2.26. The minimum atomic E-state index is -0.538. The SMILES string of the molecule is CCn1c(SCC(=O)NCC(C)O)nnc1-c1cccs1. The molecule has 21 heavy (non-hydrogen) atoms. The number of carbonyl (C=O) groups excluding carboxylic acids is 1. The zero-order valence-electron chi connectivity index (χ0n) is 11.9. The van der Waals surface area contributed by atoms with Crippen LogP contribution >= 0.6 is 23.1 Å². The molecule has 0 aliphatic heterocycles. The molecule has 0 aliphatic carbocycles. The molecular weight excluding hydrogens is 308 g/mol. The number of aromatic nitrogens is 3. The van der Waals surface area contributed by atoms with E-state index in [-0.39, 0.29) is 18.2 Å². The van der Waals surface area contributed by atoms with Crippen LogP contribution in [-0.2, 0) is 11.3 Å². The van der Waals surface area contributed by atoms with Crippen molar-refractivity contribution in [1.29, 1.82) is 0 Å². The minimum Gasteiger partial charge on any atom is -0.392 e. The maximum atomic E-state index is 11.7. The van der Waals surface area contributed by atoms with Crippen molar-refractivity contribution in [2.24, 2.45) is 0 Å².